The SMILES string of the molecule is COc1ccccc1C(N)c1cc(OC)n(C)n1. The molecule has 96 valence electrons. The molecule has 0 fully saturated rings. The van der Waals surface area contributed by atoms with Crippen molar-refractivity contribution in [3.05, 3.63) is 41.6 Å². The summed E-state index contributed by atoms with van der Waals surface area (Å²) in [7, 11) is 5.05. The molecule has 0 aliphatic heterocycles. The fourth-order valence-electron chi connectivity index (χ4n) is 1.90. The van der Waals surface area contributed by atoms with Crippen molar-refractivity contribution in [1.29, 1.82) is 0 Å². The van der Waals surface area contributed by atoms with Crippen molar-refractivity contribution in [3.8, 4) is 11.6 Å². The summed E-state index contributed by atoms with van der Waals surface area (Å²) < 4.78 is 12.1. The minimum absolute atomic E-state index is 0.337. The second kappa shape index (κ2) is 5.10. The fourth-order valence-corrected chi connectivity index (χ4v) is 1.90. The Kier molecular flexibility index (Phi) is 3.53. The van der Waals surface area contributed by atoms with E-state index in [1.165, 1.54) is 0 Å². The normalized spacial score (nSPS) is 12.2. The van der Waals surface area contributed by atoms with Crippen molar-refractivity contribution in [2.45, 2.75) is 6.04 Å². The Labute approximate surface area is 106 Å². The van der Waals surface area contributed by atoms with Crippen LogP contribution in [0.15, 0.2) is 30.3 Å². The maximum absolute atomic E-state index is 6.22. The van der Waals surface area contributed by atoms with Crippen molar-refractivity contribution < 1.29 is 9.47 Å². The van der Waals surface area contributed by atoms with E-state index >= 15 is 0 Å². The van der Waals surface area contributed by atoms with Gasteiger partial charge in [-0.3, -0.25) is 0 Å². The summed E-state index contributed by atoms with van der Waals surface area (Å²) in [6.07, 6.45) is 0. The molecule has 0 spiro atoms. The summed E-state index contributed by atoms with van der Waals surface area (Å²) in [5.74, 6) is 1.44. The summed E-state index contributed by atoms with van der Waals surface area (Å²) in [6.45, 7) is 0. The molecule has 1 unspecified atom stereocenters. The molecule has 2 N–H and O–H groups in total. The van der Waals surface area contributed by atoms with Crippen molar-refractivity contribution in [3.63, 3.8) is 0 Å². The standard InChI is InChI=1S/C13H17N3O2/c1-16-12(18-3)8-10(15-16)13(14)9-6-4-5-7-11(9)17-2/h4-8,13H,14H2,1-3H3. The zero-order valence-electron chi connectivity index (χ0n) is 10.8. The zero-order chi connectivity index (χ0) is 13.1. The van der Waals surface area contributed by atoms with E-state index in [0.29, 0.717) is 5.88 Å². The van der Waals surface area contributed by atoms with Gasteiger partial charge in [0.2, 0.25) is 5.88 Å². The first-order valence-corrected chi connectivity index (χ1v) is 5.63. The molecule has 5 heteroatoms. The Hall–Kier alpha value is -2.01. The first kappa shape index (κ1) is 12.4. The average Bonchev–Trinajstić information content (AvgIpc) is 2.79. The maximum atomic E-state index is 6.22. The molecule has 0 saturated carbocycles. The smallest absolute Gasteiger partial charge is 0.211 e. The van der Waals surface area contributed by atoms with Crippen molar-refractivity contribution in [2.75, 3.05) is 14.2 Å². The third-order valence-electron chi connectivity index (χ3n) is 2.86. The van der Waals surface area contributed by atoms with E-state index < -0.39 is 0 Å². The molecular formula is C13H17N3O2. The molecule has 5 nitrogen and oxygen atoms in total. The number of methoxy groups -OCH3 is 2. The Bertz CT molecular complexity index is 537. The van der Waals surface area contributed by atoms with Crippen molar-refractivity contribution >= 4 is 0 Å². The van der Waals surface area contributed by atoms with Gasteiger partial charge in [-0.25, -0.2) is 4.68 Å². The van der Waals surface area contributed by atoms with Gasteiger partial charge >= 0.3 is 0 Å². The Morgan fingerprint density at radius 3 is 2.56 bits per heavy atom. The first-order chi connectivity index (χ1) is 8.67. The number of rotatable bonds is 4. The monoisotopic (exact) mass is 247 g/mol. The molecule has 2 rings (SSSR count). The number of nitrogens with two attached hydrogens (primary N) is 1. The molecule has 1 heterocycles. The van der Waals surface area contributed by atoms with E-state index in [-0.39, 0.29) is 6.04 Å². The first-order valence-electron chi connectivity index (χ1n) is 5.63. The number of ether oxygens (including phenoxy) is 2. The van der Waals surface area contributed by atoms with Crippen LogP contribution in [-0.2, 0) is 7.05 Å². The number of aryl methyl sites for hydroxylation is 1. The van der Waals surface area contributed by atoms with Gasteiger partial charge in [0, 0.05) is 18.7 Å². The number of benzene rings is 1. The van der Waals surface area contributed by atoms with Crippen LogP contribution in [0.5, 0.6) is 11.6 Å². The Morgan fingerprint density at radius 1 is 1.22 bits per heavy atom. The van der Waals surface area contributed by atoms with E-state index in [2.05, 4.69) is 5.10 Å². The van der Waals surface area contributed by atoms with E-state index in [1.54, 1.807) is 18.9 Å². The maximum Gasteiger partial charge on any atom is 0.211 e. The number of nitrogens with zero attached hydrogens (tertiary/aromatic N) is 2. The quantitative estimate of drug-likeness (QED) is 0.889. The largest absolute Gasteiger partial charge is 0.496 e. The zero-order valence-corrected chi connectivity index (χ0v) is 10.8. The average molecular weight is 247 g/mol. The molecule has 0 radical (unpaired) electrons. The van der Waals surface area contributed by atoms with E-state index in [4.69, 9.17) is 15.2 Å². The minimum Gasteiger partial charge on any atom is -0.496 e. The van der Waals surface area contributed by atoms with Crippen LogP contribution in [0.3, 0.4) is 0 Å². The molecular weight excluding hydrogens is 230 g/mol. The highest BCUT2D eigenvalue weighted by molar-refractivity contribution is 5.40. The van der Waals surface area contributed by atoms with Crippen molar-refractivity contribution in [1.82, 2.24) is 9.78 Å². The van der Waals surface area contributed by atoms with Crippen LogP contribution in [-0.4, -0.2) is 24.0 Å². The molecule has 0 bridgehead atoms. The molecule has 0 aliphatic carbocycles. The third-order valence-corrected chi connectivity index (χ3v) is 2.86. The number of para-hydroxylation sites is 1. The minimum atomic E-state index is -0.337. The molecule has 0 saturated heterocycles. The highest BCUT2D eigenvalue weighted by Crippen LogP contribution is 2.28. The van der Waals surface area contributed by atoms with Gasteiger partial charge in [0.1, 0.15) is 5.75 Å². The molecule has 2 aromatic rings. The second-order valence-corrected chi connectivity index (χ2v) is 3.95. The summed E-state index contributed by atoms with van der Waals surface area (Å²) in [6, 6.07) is 9.15. The van der Waals surface area contributed by atoms with Gasteiger partial charge in [-0.1, -0.05) is 18.2 Å². The van der Waals surface area contributed by atoms with Gasteiger partial charge in [-0.2, -0.15) is 5.10 Å². The lowest BCUT2D eigenvalue weighted by molar-refractivity contribution is 0.373. The van der Waals surface area contributed by atoms with Crippen LogP contribution in [0.2, 0.25) is 0 Å². The van der Waals surface area contributed by atoms with Gasteiger partial charge in [-0.05, 0) is 6.07 Å². The summed E-state index contributed by atoms with van der Waals surface area (Å²) in [5.41, 5.74) is 7.87. The molecule has 1 aromatic carbocycles. The lowest BCUT2D eigenvalue weighted by Crippen LogP contribution is -2.14. The van der Waals surface area contributed by atoms with Crippen LogP contribution in [0.25, 0.3) is 0 Å². The highest BCUT2D eigenvalue weighted by atomic mass is 16.5. The van der Waals surface area contributed by atoms with Gasteiger partial charge in [-0.15, -0.1) is 0 Å². The predicted octanol–water partition coefficient (Wildman–Crippen LogP) is 1.49. The van der Waals surface area contributed by atoms with Crippen LogP contribution in [0, 0.1) is 0 Å². The predicted molar refractivity (Wildman–Crippen MR) is 68.8 cm³/mol. The van der Waals surface area contributed by atoms with Gasteiger partial charge in [0.05, 0.1) is 26.0 Å². The van der Waals surface area contributed by atoms with Gasteiger partial charge < -0.3 is 15.2 Å². The highest BCUT2D eigenvalue weighted by Gasteiger charge is 2.17. The topological polar surface area (TPSA) is 62.3 Å². The van der Waals surface area contributed by atoms with Crippen LogP contribution in [0.1, 0.15) is 17.3 Å². The van der Waals surface area contributed by atoms with Crippen molar-refractivity contribution in [2.24, 2.45) is 12.8 Å². The molecule has 18 heavy (non-hydrogen) atoms. The lowest BCUT2D eigenvalue weighted by atomic mass is 10.0. The van der Waals surface area contributed by atoms with Gasteiger partial charge in [0.15, 0.2) is 0 Å². The van der Waals surface area contributed by atoms with Crippen LogP contribution < -0.4 is 15.2 Å². The molecule has 0 amide bonds. The lowest BCUT2D eigenvalue weighted by Gasteiger charge is -2.13. The second-order valence-electron chi connectivity index (χ2n) is 3.95. The number of hydrogen-bond acceptors (Lipinski definition) is 4. The van der Waals surface area contributed by atoms with Gasteiger partial charge in [0.25, 0.3) is 0 Å². The number of aromatic nitrogens is 2. The molecule has 1 aromatic heterocycles. The molecule has 0 aliphatic rings. The van der Waals surface area contributed by atoms with Crippen LogP contribution >= 0.6 is 0 Å². The van der Waals surface area contributed by atoms with E-state index in [0.717, 1.165) is 17.0 Å². The number of hydrogen-bond donors (Lipinski definition) is 1. The van der Waals surface area contributed by atoms with E-state index in [9.17, 15) is 0 Å². The molecule has 1 atom stereocenters. The Balaban J connectivity index is 2.37. The summed E-state index contributed by atoms with van der Waals surface area (Å²) in [4.78, 5) is 0. The summed E-state index contributed by atoms with van der Waals surface area (Å²) in [5, 5.41) is 4.34. The van der Waals surface area contributed by atoms with E-state index in [1.807, 2.05) is 37.4 Å². The Morgan fingerprint density at radius 2 is 1.94 bits per heavy atom. The fraction of sp³-hybridized carbons (Fsp3) is 0.308. The third kappa shape index (κ3) is 2.17. The summed E-state index contributed by atoms with van der Waals surface area (Å²) >= 11 is 0. The van der Waals surface area contributed by atoms with Crippen LogP contribution in [0.4, 0.5) is 0 Å².